The summed E-state index contributed by atoms with van der Waals surface area (Å²) < 4.78 is 10.1. The number of carbonyl (C=O) groups is 4. The lowest BCUT2D eigenvalue weighted by molar-refractivity contribution is -0.162. The van der Waals surface area contributed by atoms with E-state index >= 15 is 0 Å². The van der Waals surface area contributed by atoms with Crippen LogP contribution in [0.2, 0.25) is 0 Å². The zero-order valence-electron chi connectivity index (χ0n) is 22.5. The Hall–Kier alpha value is -3.79. The summed E-state index contributed by atoms with van der Waals surface area (Å²) in [7, 11) is 0. The van der Waals surface area contributed by atoms with Crippen LogP contribution >= 0.6 is 0 Å². The third-order valence-electron chi connectivity index (χ3n) is 5.42. The van der Waals surface area contributed by atoms with Crippen LogP contribution in [-0.4, -0.2) is 47.1 Å². The average Bonchev–Trinajstić information content (AvgIpc) is 2.85. The second-order valence-electron chi connectivity index (χ2n) is 10.1. The fraction of sp³-hybridized carbons (Fsp3) is 0.464. The standard InChI is InChI=1S/C28H38N4O6/c1-19(18-31-25(34)22(29)14-13-20-9-6-5-7-10-20)26(35)37-24(33)12-8-11-21-15-16-30-23(17-21)32-27(36)38-28(2,3)4/h5-7,9-10,15-17,19,22H,8,11-14,18,29H2,1-4H3,(H,31,34)(H,30,32,36)/t19-,22?/m1/s1. The number of amides is 2. The molecule has 206 valence electrons. The first kappa shape index (κ1) is 30.4. The van der Waals surface area contributed by atoms with Crippen molar-refractivity contribution in [3.8, 4) is 0 Å². The van der Waals surface area contributed by atoms with E-state index in [0.717, 1.165) is 11.1 Å². The topological polar surface area (TPSA) is 150 Å². The molecule has 4 N–H and O–H groups in total. The van der Waals surface area contributed by atoms with Crippen molar-refractivity contribution in [3.05, 3.63) is 59.8 Å². The van der Waals surface area contributed by atoms with E-state index in [0.29, 0.717) is 31.5 Å². The Morgan fingerprint density at radius 1 is 1.03 bits per heavy atom. The van der Waals surface area contributed by atoms with Gasteiger partial charge in [-0.3, -0.25) is 19.7 Å². The quantitative estimate of drug-likeness (QED) is 0.281. The molecule has 0 radical (unpaired) electrons. The molecule has 0 spiro atoms. The Kier molecular flexibility index (Phi) is 11.9. The number of esters is 2. The van der Waals surface area contributed by atoms with Crippen LogP contribution in [0.15, 0.2) is 48.7 Å². The molecule has 1 aromatic carbocycles. The number of carbonyl (C=O) groups excluding carboxylic acids is 4. The van der Waals surface area contributed by atoms with Crippen molar-refractivity contribution in [1.29, 1.82) is 0 Å². The molecule has 1 unspecified atom stereocenters. The van der Waals surface area contributed by atoms with Gasteiger partial charge in [-0.05, 0) is 69.7 Å². The van der Waals surface area contributed by atoms with Gasteiger partial charge in [-0.15, -0.1) is 0 Å². The average molecular weight is 527 g/mol. The Labute approximate surface area is 223 Å². The Bertz CT molecular complexity index is 1080. The maximum Gasteiger partial charge on any atom is 0.413 e. The number of hydrogen-bond acceptors (Lipinski definition) is 8. The summed E-state index contributed by atoms with van der Waals surface area (Å²) in [5.74, 6) is -2.07. The van der Waals surface area contributed by atoms with Gasteiger partial charge in [0.15, 0.2) is 0 Å². The highest BCUT2D eigenvalue weighted by molar-refractivity contribution is 5.87. The molecule has 2 rings (SSSR count). The molecule has 38 heavy (non-hydrogen) atoms. The number of nitrogens with zero attached hydrogens (tertiary/aromatic N) is 1. The Morgan fingerprint density at radius 3 is 2.42 bits per heavy atom. The van der Waals surface area contributed by atoms with E-state index in [-0.39, 0.29) is 18.9 Å². The fourth-order valence-corrected chi connectivity index (χ4v) is 3.37. The predicted octanol–water partition coefficient (Wildman–Crippen LogP) is 3.53. The SMILES string of the molecule is C[C@H](CNC(=O)C(N)CCc1ccccc1)C(=O)OC(=O)CCCc1ccnc(NC(=O)OC(C)(C)C)c1. The molecule has 2 amide bonds. The minimum atomic E-state index is -0.707. The second kappa shape index (κ2) is 14.8. The van der Waals surface area contributed by atoms with Crippen molar-refractivity contribution in [2.24, 2.45) is 11.7 Å². The fourth-order valence-electron chi connectivity index (χ4n) is 3.37. The summed E-state index contributed by atoms with van der Waals surface area (Å²) in [5.41, 5.74) is 7.27. The van der Waals surface area contributed by atoms with Crippen molar-refractivity contribution in [3.63, 3.8) is 0 Å². The van der Waals surface area contributed by atoms with Gasteiger partial charge in [-0.25, -0.2) is 9.78 Å². The van der Waals surface area contributed by atoms with Crippen LogP contribution in [0.25, 0.3) is 0 Å². The summed E-state index contributed by atoms with van der Waals surface area (Å²) in [5, 5.41) is 5.22. The van der Waals surface area contributed by atoms with Gasteiger partial charge >= 0.3 is 18.0 Å². The minimum absolute atomic E-state index is 0.0222. The van der Waals surface area contributed by atoms with Crippen LogP contribution in [0.5, 0.6) is 0 Å². The highest BCUT2D eigenvalue weighted by Gasteiger charge is 2.21. The molecule has 2 aromatic rings. The maximum absolute atomic E-state index is 12.2. The molecule has 2 atom stereocenters. The number of rotatable bonds is 12. The molecule has 0 saturated carbocycles. The van der Waals surface area contributed by atoms with Crippen LogP contribution in [-0.2, 0) is 36.7 Å². The molecular weight excluding hydrogens is 488 g/mol. The van der Waals surface area contributed by atoms with Crippen molar-refractivity contribution in [1.82, 2.24) is 10.3 Å². The molecule has 0 fully saturated rings. The molecule has 10 nitrogen and oxygen atoms in total. The lowest BCUT2D eigenvalue weighted by Crippen LogP contribution is -2.43. The van der Waals surface area contributed by atoms with Crippen LogP contribution in [0, 0.1) is 5.92 Å². The highest BCUT2D eigenvalue weighted by Crippen LogP contribution is 2.13. The zero-order valence-corrected chi connectivity index (χ0v) is 22.5. The Morgan fingerprint density at radius 2 is 1.74 bits per heavy atom. The van der Waals surface area contributed by atoms with E-state index < -0.39 is 35.6 Å². The zero-order chi connectivity index (χ0) is 28.1. The molecule has 0 aliphatic rings. The van der Waals surface area contributed by atoms with E-state index in [1.165, 1.54) is 0 Å². The van der Waals surface area contributed by atoms with Crippen molar-refractivity contribution in [2.45, 2.75) is 71.4 Å². The number of ether oxygens (including phenoxy) is 2. The highest BCUT2D eigenvalue weighted by atomic mass is 16.6. The minimum Gasteiger partial charge on any atom is -0.444 e. The third-order valence-corrected chi connectivity index (χ3v) is 5.42. The van der Waals surface area contributed by atoms with Crippen molar-refractivity contribution >= 4 is 29.8 Å². The second-order valence-corrected chi connectivity index (χ2v) is 10.1. The van der Waals surface area contributed by atoms with Crippen molar-refractivity contribution < 1.29 is 28.7 Å². The van der Waals surface area contributed by atoms with Gasteiger partial charge in [0.25, 0.3) is 0 Å². The number of anilines is 1. The van der Waals surface area contributed by atoms with Gasteiger partial charge in [-0.1, -0.05) is 37.3 Å². The number of benzene rings is 1. The number of nitrogens with two attached hydrogens (primary N) is 1. The Balaban J connectivity index is 1.67. The smallest absolute Gasteiger partial charge is 0.413 e. The number of nitrogens with one attached hydrogen (secondary N) is 2. The summed E-state index contributed by atoms with van der Waals surface area (Å²) in [4.78, 5) is 52.6. The number of pyridine rings is 1. The molecule has 0 aliphatic heterocycles. The maximum atomic E-state index is 12.2. The first-order valence-corrected chi connectivity index (χ1v) is 12.7. The number of aryl methyl sites for hydroxylation is 2. The lowest BCUT2D eigenvalue weighted by Gasteiger charge is -2.19. The van der Waals surface area contributed by atoms with Crippen LogP contribution in [0.4, 0.5) is 10.6 Å². The van der Waals surface area contributed by atoms with E-state index in [4.69, 9.17) is 15.2 Å². The molecule has 0 aliphatic carbocycles. The van der Waals surface area contributed by atoms with E-state index in [9.17, 15) is 19.2 Å². The van der Waals surface area contributed by atoms with Gasteiger partial charge in [0, 0.05) is 19.2 Å². The van der Waals surface area contributed by atoms with E-state index in [1.807, 2.05) is 30.3 Å². The normalized spacial score (nSPS) is 12.7. The third kappa shape index (κ3) is 12.0. The van der Waals surface area contributed by atoms with E-state index in [1.54, 1.807) is 46.0 Å². The monoisotopic (exact) mass is 526 g/mol. The summed E-state index contributed by atoms with van der Waals surface area (Å²) in [6, 6.07) is 12.5. The van der Waals surface area contributed by atoms with Gasteiger partial charge in [0.2, 0.25) is 5.91 Å². The number of hydrogen-bond donors (Lipinski definition) is 3. The molecular formula is C28H38N4O6. The van der Waals surface area contributed by atoms with Gasteiger partial charge in [-0.2, -0.15) is 0 Å². The van der Waals surface area contributed by atoms with E-state index in [2.05, 4.69) is 15.6 Å². The van der Waals surface area contributed by atoms with Crippen LogP contribution in [0.1, 0.15) is 58.1 Å². The first-order chi connectivity index (χ1) is 17.9. The summed E-state index contributed by atoms with van der Waals surface area (Å²) >= 11 is 0. The molecule has 1 aromatic heterocycles. The predicted molar refractivity (Wildman–Crippen MR) is 143 cm³/mol. The molecule has 0 bridgehead atoms. The first-order valence-electron chi connectivity index (χ1n) is 12.7. The van der Waals surface area contributed by atoms with Crippen LogP contribution < -0.4 is 16.4 Å². The van der Waals surface area contributed by atoms with Gasteiger partial charge in [0.05, 0.1) is 12.0 Å². The van der Waals surface area contributed by atoms with Crippen LogP contribution in [0.3, 0.4) is 0 Å². The van der Waals surface area contributed by atoms with Gasteiger partial charge < -0.3 is 20.5 Å². The van der Waals surface area contributed by atoms with Crippen molar-refractivity contribution in [2.75, 3.05) is 11.9 Å². The molecule has 1 heterocycles. The number of aromatic nitrogens is 1. The van der Waals surface area contributed by atoms with Gasteiger partial charge in [0.1, 0.15) is 11.4 Å². The largest absolute Gasteiger partial charge is 0.444 e. The molecule has 0 saturated heterocycles. The summed E-state index contributed by atoms with van der Waals surface area (Å²) in [6.07, 6.45) is 3.07. The molecule has 10 heteroatoms. The lowest BCUT2D eigenvalue weighted by atomic mass is 10.1. The summed E-state index contributed by atoms with van der Waals surface area (Å²) in [6.45, 7) is 6.89.